The summed E-state index contributed by atoms with van der Waals surface area (Å²) in [6.45, 7) is 3.37. The highest BCUT2D eigenvalue weighted by molar-refractivity contribution is 8.00. The van der Waals surface area contributed by atoms with E-state index in [0.29, 0.717) is 18.0 Å². The molecule has 5 rings (SSSR count). The Balaban J connectivity index is 1.48. The van der Waals surface area contributed by atoms with Crippen molar-refractivity contribution in [1.82, 2.24) is 4.90 Å². The molecular weight excluding hydrogens is 428 g/mol. The van der Waals surface area contributed by atoms with Gasteiger partial charge in [-0.25, -0.2) is 8.42 Å². The molecule has 0 radical (unpaired) electrons. The number of sulfone groups is 1. The lowest BCUT2D eigenvalue weighted by Gasteiger charge is -2.42. The van der Waals surface area contributed by atoms with Crippen LogP contribution < -0.4 is 4.90 Å². The van der Waals surface area contributed by atoms with Gasteiger partial charge in [0.15, 0.2) is 9.84 Å². The fourth-order valence-electron chi connectivity index (χ4n) is 5.15. The van der Waals surface area contributed by atoms with Crippen molar-refractivity contribution in [2.45, 2.75) is 18.9 Å². The van der Waals surface area contributed by atoms with Crippen molar-refractivity contribution in [2.75, 3.05) is 37.3 Å². The zero-order valence-corrected chi connectivity index (χ0v) is 19.8. The van der Waals surface area contributed by atoms with E-state index in [0.717, 1.165) is 29.9 Å². The monoisotopic (exact) mass is 458 g/mol. The average Bonchev–Trinajstić information content (AvgIpc) is 3.33. The van der Waals surface area contributed by atoms with Crippen molar-refractivity contribution in [3.05, 3.63) is 107 Å². The second-order valence-electron chi connectivity index (χ2n) is 9.08. The van der Waals surface area contributed by atoms with Crippen LogP contribution in [0.1, 0.15) is 35.6 Å². The highest BCUT2D eigenvalue weighted by atomic mass is 32.2. The minimum absolute atomic E-state index is 0.105. The summed E-state index contributed by atoms with van der Waals surface area (Å²) in [6, 6.07) is 29.1. The topological polar surface area (TPSA) is 40.6 Å². The summed E-state index contributed by atoms with van der Waals surface area (Å²) in [5, 5.41) is 0. The Morgan fingerprint density at radius 3 is 1.91 bits per heavy atom. The van der Waals surface area contributed by atoms with Crippen LogP contribution in [0.4, 0.5) is 5.69 Å². The molecular formula is C28H30N2O2S. The number of rotatable bonds is 6. The first kappa shape index (κ1) is 21.9. The summed E-state index contributed by atoms with van der Waals surface area (Å²) in [5.74, 6) is 0. The summed E-state index contributed by atoms with van der Waals surface area (Å²) in [5.41, 5.74) is 5.37. The fourth-order valence-corrected chi connectivity index (χ4v) is 6.36. The lowest BCUT2D eigenvalue weighted by Crippen LogP contribution is -2.44. The molecule has 0 spiro atoms. The van der Waals surface area contributed by atoms with E-state index >= 15 is 0 Å². The van der Waals surface area contributed by atoms with E-state index in [-0.39, 0.29) is 6.04 Å². The highest BCUT2D eigenvalue weighted by Gasteiger charge is 2.34. The Hall–Kier alpha value is -2.89. The van der Waals surface area contributed by atoms with E-state index in [4.69, 9.17) is 0 Å². The predicted molar refractivity (Wildman–Crippen MR) is 136 cm³/mol. The summed E-state index contributed by atoms with van der Waals surface area (Å²) in [7, 11) is -3.36. The first-order valence-electron chi connectivity index (χ1n) is 11.6. The van der Waals surface area contributed by atoms with Crippen LogP contribution in [-0.4, -0.2) is 45.8 Å². The van der Waals surface area contributed by atoms with Gasteiger partial charge in [0.1, 0.15) is 0 Å². The second kappa shape index (κ2) is 9.16. The number of benzene rings is 3. The second-order valence-corrected chi connectivity index (χ2v) is 11.0. The standard InChI is InChI=1S/C28H30N2O2S/c1-33(31,32)28(24-15-10-16-26(19-24)29-17-8-9-18-29)25-20-30(21-25)27(22-11-4-2-5-12-22)23-13-6-3-7-14-23/h2-7,10-16,19,27H,8-9,17-18,20-21H2,1H3. The summed E-state index contributed by atoms with van der Waals surface area (Å²) in [6.07, 6.45) is 3.73. The van der Waals surface area contributed by atoms with Gasteiger partial charge >= 0.3 is 0 Å². The first-order chi connectivity index (χ1) is 16.0. The van der Waals surface area contributed by atoms with Crippen molar-refractivity contribution in [3.63, 3.8) is 0 Å². The van der Waals surface area contributed by atoms with Crippen molar-refractivity contribution in [3.8, 4) is 0 Å². The van der Waals surface area contributed by atoms with Gasteiger partial charge < -0.3 is 4.90 Å². The highest BCUT2D eigenvalue weighted by Crippen LogP contribution is 2.38. The third-order valence-corrected chi connectivity index (χ3v) is 7.92. The molecule has 2 heterocycles. The fraction of sp³-hybridized carbons (Fsp3) is 0.286. The van der Waals surface area contributed by atoms with Gasteiger partial charge in [-0.15, -0.1) is 0 Å². The van der Waals surface area contributed by atoms with Gasteiger partial charge in [-0.2, -0.15) is 0 Å². The van der Waals surface area contributed by atoms with Crippen LogP contribution in [0, 0.1) is 0 Å². The molecule has 2 fully saturated rings. The SMILES string of the molecule is CS(=O)(=O)C(=C1CN(C(c2ccccc2)c2ccccc2)C1)c1cccc(N2CCCC2)c1. The van der Waals surface area contributed by atoms with Gasteiger partial charge in [0.2, 0.25) is 0 Å². The van der Waals surface area contributed by atoms with Gasteiger partial charge in [-0.3, -0.25) is 4.90 Å². The molecule has 4 nitrogen and oxygen atoms in total. The minimum atomic E-state index is -3.36. The van der Waals surface area contributed by atoms with Gasteiger partial charge in [0, 0.05) is 38.1 Å². The number of anilines is 1. The zero-order chi connectivity index (χ0) is 22.8. The quantitative estimate of drug-likeness (QED) is 0.512. The molecule has 33 heavy (non-hydrogen) atoms. The van der Waals surface area contributed by atoms with Gasteiger partial charge in [0.25, 0.3) is 0 Å². The molecule has 0 bridgehead atoms. The van der Waals surface area contributed by atoms with E-state index in [9.17, 15) is 8.42 Å². The smallest absolute Gasteiger partial charge is 0.176 e. The van der Waals surface area contributed by atoms with Crippen molar-refractivity contribution < 1.29 is 8.42 Å². The predicted octanol–water partition coefficient (Wildman–Crippen LogP) is 5.15. The minimum Gasteiger partial charge on any atom is -0.372 e. The molecule has 5 heteroatoms. The van der Waals surface area contributed by atoms with Crippen molar-refractivity contribution in [2.24, 2.45) is 0 Å². The lowest BCUT2D eigenvalue weighted by molar-refractivity contribution is 0.203. The number of hydrogen-bond donors (Lipinski definition) is 0. The van der Waals surface area contributed by atoms with Crippen molar-refractivity contribution >= 4 is 20.4 Å². The van der Waals surface area contributed by atoms with Crippen molar-refractivity contribution in [1.29, 1.82) is 0 Å². The Labute approximate surface area is 197 Å². The van der Waals surface area contributed by atoms with Gasteiger partial charge in [-0.05, 0) is 47.2 Å². The Bertz CT molecular complexity index is 1200. The molecule has 3 aromatic rings. The first-order valence-corrected chi connectivity index (χ1v) is 13.5. The Morgan fingerprint density at radius 2 is 1.36 bits per heavy atom. The Morgan fingerprint density at radius 1 is 0.788 bits per heavy atom. The van der Waals surface area contributed by atoms with E-state index in [1.54, 1.807) is 0 Å². The molecule has 3 aromatic carbocycles. The molecule has 0 N–H and O–H groups in total. The van der Waals surface area contributed by atoms with E-state index in [1.807, 2.05) is 24.3 Å². The zero-order valence-electron chi connectivity index (χ0n) is 19.0. The molecule has 2 aliphatic rings. The molecule has 0 aromatic heterocycles. The normalized spacial score (nSPS) is 16.8. The molecule has 0 saturated carbocycles. The molecule has 0 amide bonds. The average molecular weight is 459 g/mol. The maximum atomic E-state index is 12.9. The third kappa shape index (κ3) is 4.61. The van der Waals surface area contributed by atoms with Crippen LogP contribution in [0.15, 0.2) is 90.5 Å². The van der Waals surface area contributed by atoms with Crippen LogP contribution >= 0.6 is 0 Å². The van der Waals surface area contributed by atoms with E-state index in [1.165, 1.54) is 30.2 Å². The van der Waals surface area contributed by atoms with Gasteiger partial charge in [-0.1, -0.05) is 72.8 Å². The van der Waals surface area contributed by atoms with E-state index in [2.05, 4.69) is 70.5 Å². The lowest BCUT2D eigenvalue weighted by atomic mass is 9.92. The van der Waals surface area contributed by atoms with Crippen LogP contribution in [0.3, 0.4) is 0 Å². The van der Waals surface area contributed by atoms with Crippen LogP contribution in [0.5, 0.6) is 0 Å². The number of nitrogens with zero attached hydrogens (tertiary/aromatic N) is 2. The molecule has 2 aliphatic heterocycles. The summed E-state index contributed by atoms with van der Waals surface area (Å²) in [4.78, 5) is 5.21. The summed E-state index contributed by atoms with van der Waals surface area (Å²) < 4.78 is 25.9. The third-order valence-electron chi connectivity index (χ3n) is 6.66. The van der Waals surface area contributed by atoms with Crippen LogP contribution in [-0.2, 0) is 9.84 Å². The summed E-state index contributed by atoms with van der Waals surface area (Å²) >= 11 is 0. The van der Waals surface area contributed by atoms with Gasteiger partial charge in [0.05, 0.1) is 10.9 Å². The number of hydrogen-bond acceptors (Lipinski definition) is 4. The van der Waals surface area contributed by atoms with Crippen LogP contribution in [0.25, 0.3) is 4.91 Å². The maximum Gasteiger partial charge on any atom is 0.176 e. The number of likely N-dealkylation sites (tertiary alicyclic amines) is 1. The maximum absolute atomic E-state index is 12.9. The van der Waals surface area contributed by atoms with Crippen LogP contribution in [0.2, 0.25) is 0 Å². The Kier molecular flexibility index (Phi) is 6.09. The molecule has 2 saturated heterocycles. The molecule has 0 aliphatic carbocycles. The molecule has 170 valence electrons. The van der Waals surface area contributed by atoms with E-state index < -0.39 is 9.84 Å². The largest absolute Gasteiger partial charge is 0.372 e. The molecule has 0 atom stereocenters. The molecule has 0 unspecified atom stereocenters.